The maximum absolute atomic E-state index is 6.13. The summed E-state index contributed by atoms with van der Waals surface area (Å²) in [5.41, 5.74) is 9.15. The fourth-order valence-corrected chi connectivity index (χ4v) is 3.66. The summed E-state index contributed by atoms with van der Waals surface area (Å²) in [7, 11) is 1.75. The number of nitrogens with zero attached hydrogens (tertiary/aromatic N) is 1. The van der Waals surface area contributed by atoms with Crippen LogP contribution in [0.3, 0.4) is 0 Å². The summed E-state index contributed by atoms with van der Waals surface area (Å²) in [5.74, 6) is 0.959. The average Bonchev–Trinajstić information content (AvgIpc) is 2.47. The fourth-order valence-electron chi connectivity index (χ4n) is 3.66. The zero-order valence-electron chi connectivity index (χ0n) is 12.5. The first-order valence-corrected chi connectivity index (χ1v) is 7.93. The highest BCUT2D eigenvalue weighted by Crippen LogP contribution is 2.47. The van der Waals surface area contributed by atoms with Crippen LogP contribution in [0.25, 0.3) is 0 Å². The summed E-state index contributed by atoms with van der Waals surface area (Å²) >= 11 is 0. The van der Waals surface area contributed by atoms with Gasteiger partial charge in [0, 0.05) is 30.7 Å². The lowest BCUT2D eigenvalue weighted by Gasteiger charge is -2.44. The lowest BCUT2D eigenvalue weighted by atomic mass is 9.64. The van der Waals surface area contributed by atoms with Crippen LogP contribution in [0.4, 0.5) is 5.69 Å². The Morgan fingerprint density at radius 2 is 1.90 bits per heavy atom. The minimum Gasteiger partial charge on any atom is -0.497 e. The highest BCUT2D eigenvalue weighted by Gasteiger charge is 2.40. The molecule has 0 spiro atoms. The van der Waals surface area contributed by atoms with Gasteiger partial charge in [-0.1, -0.05) is 6.42 Å². The molecule has 0 atom stereocenters. The molecule has 0 aromatic heterocycles. The van der Waals surface area contributed by atoms with Gasteiger partial charge in [-0.25, -0.2) is 0 Å². The van der Waals surface area contributed by atoms with Crippen molar-refractivity contribution in [3.63, 3.8) is 0 Å². The summed E-state index contributed by atoms with van der Waals surface area (Å²) in [6, 6.07) is 6.57. The van der Waals surface area contributed by atoms with E-state index in [0.29, 0.717) is 0 Å². The summed E-state index contributed by atoms with van der Waals surface area (Å²) in [4.78, 5) is 2.55. The van der Waals surface area contributed by atoms with Crippen LogP contribution in [-0.4, -0.2) is 26.7 Å². The predicted octanol–water partition coefficient (Wildman–Crippen LogP) is 3.07. The van der Waals surface area contributed by atoms with Crippen LogP contribution >= 0.6 is 0 Å². The third-order valence-electron chi connectivity index (χ3n) is 5.17. The molecule has 3 nitrogen and oxygen atoms in total. The SMILES string of the molecule is COc1ccc(N2CCCCC2)c(C2(CN)CCC2)c1. The van der Waals surface area contributed by atoms with E-state index in [1.54, 1.807) is 7.11 Å². The largest absolute Gasteiger partial charge is 0.497 e. The summed E-state index contributed by atoms with van der Waals surface area (Å²) in [5, 5.41) is 0. The maximum Gasteiger partial charge on any atom is 0.119 e. The molecule has 3 rings (SSSR count). The number of anilines is 1. The van der Waals surface area contributed by atoms with Gasteiger partial charge in [-0.2, -0.15) is 0 Å². The highest BCUT2D eigenvalue weighted by atomic mass is 16.5. The number of rotatable bonds is 4. The highest BCUT2D eigenvalue weighted by molar-refractivity contribution is 5.60. The Morgan fingerprint density at radius 1 is 1.15 bits per heavy atom. The van der Waals surface area contributed by atoms with Crippen LogP contribution in [0.5, 0.6) is 5.75 Å². The van der Waals surface area contributed by atoms with Crippen molar-refractivity contribution in [3.05, 3.63) is 23.8 Å². The lowest BCUT2D eigenvalue weighted by Crippen LogP contribution is -2.43. The monoisotopic (exact) mass is 274 g/mol. The van der Waals surface area contributed by atoms with Crippen LogP contribution in [0, 0.1) is 0 Å². The molecule has 0 unspecified atom stereocenters. The van der Waals surface area contributed by atoms with Crippen molar-refractivity contribution in [2.45, 2.75) is 43.9 Å². The van der Waals surface area contributed by atoms with Gasteiger partial charge in [0.2, 0.25) is 0 Å². The molecule has 1 aromatic rings. The number of nitrogens with two attached hydrogens (primary N) is 1. The van der Waals surface area contributed by atoms with Gasteiger partial charge in [0.15, 0.2) is 0 Å². The van der Waals surface area contributed by atoms with Gasteiger partial charge in [0.1, 0.15) is 5.75 Å². The zero-order valence-corrected chi connectivity index (χ0v) is 12.5. The van der Waals surface area contributed by atoms with Crippen molar-refractivity contribution in [2.75, 3.05) is 31.6 Å². The summed E-state index contributed by atoms with van der Waals surface area (Å²) in [6.45, 7) is 3.11. The third kappa shape index (κ3) is 2.28. The van der Waals surface area contributed by atoms with E-state index in [9.17, 15) is 0 Å². The van der Waals surface area contributed by atoms with E-state index >= 15 is 0 Å². The van der Waals surface area contributed by atoms with E-state index in [0.717, 1.165) is 12.3 Å². The Kier molecular flexibility index (Phi) is 3.88. The molecule has 2 aliphatic rings. The molecular formula is C17H26N2O. The van der Waals surface area contributed by atoms with Gasteiger partial charge in [-0.05, 0) is 55.9 Å². The van der Waals surface area contributed by atoms with Gasteiger partial charge in [-0.3, -0.25) is 0 Å². The molecule has 0 amide bonds. The predicted molar refractivity (Wildman–Crippen MR) is 83.6 cm³/mol. The second-order valence-electron chi connectivity index (χ2n) is 6.27. The quantitative estimate of drug-likeness (QED) is 0.917. The van der Waals surface area contributed by atoms with Crippen molar-refractivity contribution in [3.8, 4) is 5.75 Å². The Bertz CT molecular complexity index is 457. The van der Waals surface area contributed by atoms with E-state index in [4.69, 9.17) is 10.5 Å². The molecule has 2 fully saturated rings. The van der Waals surface area contributed by atoms with E-state index in [2.05, 4.69) is 23.1 Å². The van der Waals surface area contributed by atoms with Gasteiger partial charge in [0.25, 0.3) is 0 Å². The molecule has 1 aliphatic heterocycles. The van der Waals surface area contributed by atoms with E-state index in [1.807, 2.05) is 0 Å². The summed E-state index contributed by atoms with van der Waals surface area (Å²) < 4.78 is 5.45. The molecule has 1 aliphatic carbocycles. The molecular weight excluding hydrogens is 248 g/mol. The second-order valence-corrected chi connectivity index (χ2v) is 6.27. The van der Waals surface area contributed by atoms with Gasteiger partial charge >= 0.3 is 0 Å². The Balaban J connectivity index is 1.99. The molecule has 0 radical (unpaired) electrons. The van der Waals surface area contributed by atoms with Crippen molar-refractivity contribution >= 4 is 5.69 Å². The molecule has 1 saturated heterocycles. The number of methoxy groups -OCH3 is 1. The lowest BCUT2D eigenvalue weighted by molar-refractivity contribution is 0.252. The molecule has 1 saturated carbocycles. The standard InChI is InChI=1S/C17H26N2O/c1-20-14-6-7-16(19-10-3-2-4-11-19)15(12-14)17(13-18)8-5-9-17/h6-7,12H,2-5,8-11,13,18H2,1H3. The van der Waals surface area contributed by atoms with Crippen molar-refractivity contribution in [1.82, 2.24) is 0 Å². The van der Waals surface area contributed by atoms with E-state index < -0.39 is 0 Å². The number of benzene rings is 1. The molecule has 3 heteroatoms. The van der Waals surface area contributed by atoms with E-state index in [-0.39, 0.29) is 5.41 Å². The van der Waals surface area contributed by atoms with Gasteiger partial charge in [0.05, 0.1) is 7.11 Å². The van der Waals surface area contributed by atoms with Gasteiger partial charge in [-0.15, -0.1) is 0 Å². The number of piperidine rings is 1. The van der Waals surface area contributed by atoms with Crippen molar-refractivity contribution in [2.24, 2.45) is 5.73 Å². The van der Waals surface area contributed by atoms with E-state index in [1.165, 1.54) is 62.9 Å². The Hall–Kier alpha value is -1.22. The first kappa shape index (κ1) is 13.7. The number of hydrogen-bond acceptors (Lipinski definition) is 3. The van der Waals surface area contributed by atoms with Crippen LogP contribution in [-0.2, 0) is 5.41 Å². The fraction of sp³-hybridized carbons (Fsp3) is 0.647. The number of ether oxygens (including phenoxy) is 1. The molecule has 1 heterocycles. The minimum atomic E-state index is 0.196. The minimum absolute atomic E-state index is 0.196. The van der Waals surface area contributed by atoms with Crippen molar-refractivity contribution in [1.29, 1.82) is 0 Å². The van der Waals surface area contributed by atoms with Crippen LogP contribution in [0.2, 0.25) is 0 Å². The molecule has 0 bridgehead atoms. The molecule has 20 heavy (non-hydrogen) atoms. The zero-order chi connectivity index (χ0) is 14.0. The first-order valence-electron chi connectivity index (χ1n) is 7.93. The molecule has 2 N–H and O–H groups in total. The Morgan fingerprint density at radius 3 is 2.45 bits per heavy atom. The Labute approximate surface area is 122 Å². The third-order valence-corrected chi connectivity index (χ3v) is 5.17. The van der Waals surface area contributed by atoms with Crippen LogP contribution < -0.4 is 15.4 Å². The maximum atomic E-state index is 6.13. The summed E-state index contributed by atoms with van der Waals surface area (Å²) in [6.07, 6.45) is 7.72. The van der Waals surface area contributed by atoms with Crippen LogP contribution in [0.15, 0.2) is 18.2 Å². The normalized spacial score (nSPS) is 21.4. The molecule has 1 aromatic carbocycles. The topological polar surface area (TPSA) is 38.5 Å². The van der Waals surface area contributed by atoms with Crippen LogP contribution in [0.1, 0.15) is 44.1 Å². The number of hydrogen-bond donors (Lipinski definition) is 1. The second kappa shape index (κ2) is 5.65. The van der Waals surface area contributed by atoms with Crippen molar-refractivity contribution < 1.29 is 4.74 Å². The average molecular weight is 274 g/mol. The molecule has 110 valence electrons. The first-order chi connectivity index (χ1) is 9.79. The smallest absolute Gasteiger partial charge is 0.119 e. The van der Waals surface area contributed by atoms with Gasteiger partial charge < -0.3 is 15.4 Å².